The van der Waals surface area contributed by atoms with Crippen LogP contribution in [0.15, 0.2) is 37.0 Å². The fraction of sp³-hybridized carbons (Fsp3) is 0.167. The van der Waals surface area contributed by atoms with Gasteiger partial charge in [0.1, 0.15) is 0 Å². The number of rotatable bonds is 3. The Morgan fingerprint density at radius 1 is 1.12 bits per heavy atom. The van der Waals surface area contributed by atoms with E-state index < -0.39 is 0 Å². The molecule has 0 fully saturated rings. The molecule has 0 spiro atoms. The quantitative estimate of drug-likeness (QED) is 0.622. The number of nitrogens with one attached hydrogen (secondary N) is 1. The van der Waals surface area contributed by atoms with Gasteiger partial charge in [-0.1, -0.05) is 15.9 Å². The molecular formula is C12H10Br3NS. The highest BCUT2D eigenvalue weighted by molar-refractivity contribution is 9.13. The highest BCUT2D eigenvalue weighted by Gasteiger charge is 2.04. The number of thiophene rings is 1. The Labute approximate surface area is 130 Å². The van der Waals surface area contributed by atoms with Crippen LogP contribution >= 0.6 is 59.1 Å². The molecule has 2 rings (SSSR count). The summed E-state index contributed by atoms with van der Waals surface area (Å²) >= 11 is 12.2. The largest absolute Gasteiger partial charge is 0.380 e. The van der Waals surface area contributed by atoms with E-state index in [2.05, 4.69) is 84.3 Å². The van der Waals surface area contributed by atoms with E-state index in [1.807, 2.05) is 0 Å². The van der Waals surface area contributed by atoms with Crippen LogP contribution in [0.3, 0.4) is 0 Å². The van der Waals surface area contributed by atoms with Gasteiger partial charge in [-0.2, -0.15) is 0 Å². The van der Waals surface area contributed by atoms with Crippen molar-refractivity contribution in [1.82, 2.24) is 0 Å². The third-order valence-electron chi connectivity index (χ3n) is 2.21. The van der Waals surface area contributed by atoms with Gasteiger partial charge in [0, 0.05) is 26.1 Å². The third kappa shape index (κ3) is 3.81. The number of anilines is 1. The average Bonchev–Trinajstić information content (AvgIpc) is 2.54. The molecule has 0 saturated carbocycles. The minimum Gasteiger partial charge on any atom is -0.380 e. The summed E-state index contributed by atoms with van der Waals surface area (Å²) in [5.41, 5.74) is 2.38. The molecule has 0 amide bonds. The number of benzene rings is 1. The summed E-state index contributed by atoms with van der Waals surface area (Å²) in [4.78, 5) is 1.29. The Balaban J connectivity index is 2.07. The minimum atomic E-state index is 0.838. The van der Waals surface area contributed by atoms with Crippen LogP contribution in [0, 0.1) is 6.92 Å². The maximum Gasteiger partial charge on any atom is 0.0843 e. The molecule has 0 aliphatic rings. The molecule has 0 aliphatic carbocycles. The smallest absolute Gasteiger partial charge is 0.0843 e. The van der Waals surface area contributed by atoms with Gasteiger partial charge in [0.25, 0.3) is 0 Å². The average molecular weight is 440 g/mol. The molecular weight excluding hydrogens is 430 g/mol. The highest BCUT2D eigenvalue weighted by atomic mass is 79.9. The molecule has 90 valence electrons. The van der Waals surface area contributed by atoms with E-state index in [0.29, 0.717) is 0 Å². The molecule has 0 saturated heterocycles. The topological polar surface area (TPSA) is 12.0 Å². The first-order valence-electron chi connectivity index (χ1n) is 4.99. The lowest BCUT2D eigenvalue weighted by molar-refractivity contribution is 1.19. The molecule has 0 atom stereocenters. The molecule has 1 aromatic heterocycles. The fourth-order valence-corrected chi connectivity index (χ4v) is 4.23. The fourth-order valence-electron chi connectivity index (χ4n) is 1.51. The Kier molecular flexibility index (Phi) is 4.69. The van der Waals surface area contributed by atoms with E-state index in [9.17, 15) is 0 Å². The van der Waals surface area contributed by atoms with E-state index in [1.165, 1.54) is 10.4 Å². The molecule has 5 heteroatoms. The van der Waals surface area contributed by atoms with Crippen LogP contribution in [0.1, 0.15) is 10.4 Å². The summed E-state index contributed by atoms with van der Waals surface area (Å²) in [5, 5.41) is 3.42. The molecule has 1 heterocycles. The third-order valence-corrected chi connectivity index (χ3v) is 5.92. The van der Waals surface area contributed by atoms with Crippen LogP contribution in [0.5, 0.6) is 0 Å². The zero-order chi connectivity index (χ0) is 12.4. The second-order valence-corrected chi connectivity index (χ2v) is 7.93. The summed E-state index contributed by atoms with van der Waals surface area (Å²) in [6, 6.07) is 8.46. The first kappa shape index (κ1) is 13.6. The lowest BCUT2D eigenvalue weighted by atomic mass is 10.2. The van der Waals surface area contributed by atoms with Gasteiger partial charge >= 0.3 is 0 Å². The van der Waals surface area contributed by atoms with Crippen molar-refractivity contribution in [2.45, 2.75) is 13.5 Å². The summed E-state index contributed by atoms with van der Waals surface area (Å²) in [7, 11) is 0. The molecule has 0 unspecified atom stereocenters. The monoisotopic (exact) mass is 437 g/mol. The van der Waals surface area contributed by atoms with Crippen LogP contribution in [0.4, 0.5) is 5.69 Å². The van der Waals surface area contributed by atoms with Gasteiger partial charge in [0.15, 0.2) is 0 Å². The molecule has 1 N–H and O–H groups in total. The normalized spacial score (nSPS) is 10.6. The number of halogens is 3. The maximum absolute atomic E-state index is 3.50. The van der Waals surface area contributed by atoms with E-state index in [0.717, 1.165) is 25.0 Å². The van der Waals surface area contributed by atoms with E-state index in [1.54, 1.807) is 11.3 Å². The van der Waals surface area contributed by atoms with Gasteiger partial charge in [-0.25, -0.2) is 0 Å². The van der Waals surface area contributed by atoms with Crippen LogP contribution in [0.2, 0.25) is 0 Å². The molecule has 1 aromatic carbocycles. The first-order valence-corrected chi connectivity index (χ1v) is 8.19. The Morgan fingerprint density at radius 2 is 1.88 bits per heavy atom. The lowest BCUT2D eigenvalue weighted by Crippen LogP contribution is -1.97. The Hall–Kier alpha value is 0.160. The Bertz CT molecular complexity index is 497. The van der Waals surface area contributed by atoms with Crippen molar-refractivity contribution in [3.05, 3.63) is 47.4 Å². The summed E-state index contributed by atoms with van der Waals surface area (Å²) in [6.45, 7) is 2.93. The zero-order valence-electron chi connectivity index (χ0n) is 9.06. The molecule has 2 aromatic rings. The zero-order valence-corrected chi connectivity index (χ0v) is 14.6. The molecule has 0 bridgehead atoms. The lowest BCUT2D eigenvalue weighted by Gasteiger charge is -2.06. The summed E-state index contributed by atoms with van der Waals surface area (Å²) < 4.78 is 3.36. The predicted molar refractivity (Wildman–Crippen MR) is 85.9 cm³/mol. The minimum absolute atomic E-state index is 0.838. The second kappa shape index (κ2) is 5.87. The van der Waals surface area contributed by atoms with E-state index >= 15 is 0 Å². The van der Waals surface area contributed by atoms with Gasteiger partial charge in [0.05, 0.1) is 3.79 Å². The standard InChI is InChI=1S/C12H10Br3NS/c1-7-2-8(13)4-9(3-7)16-6-10-5-11(14)12(15)17-10/h2-5,16H,6H2,1H3. The molecule has 0 aliphatic heterocycles. The second-order valence-electron chi connectivity index (χ2n) is 3.71. The predicted octanol–water partition coefficient (Wildman–Crippen LogP) is 5.96. The molecule has 0 radical (unpaired) electrons. The van der Waals surface area contributed by atoms with Gasteiger partial charge in [-0.15, -0.1) is 11.3 Å². The van der Waals surface area contributed by atoms with Crippen LogP contribution in [0.25, 0.3) is 0 Å². The van der Waals surface area contributed by atoms with Crippen molar-refractivity contribution in [2.75, 3.05) is 5.32 Å². The summed E-state index contributed by atoms with van der Waals surface area (Å²) in [5.74, 6) is 0. The first-order chi connectivity index (χ1) is 8.04. The van der Waals surface area contributed by atoms with E-state index in [-0.39, 0.29) is 0 Å². The number of hydrogen-bond acceptors (Lipinski definition) is 2. The number of hydrogen-bond donors (Lipinski definition) is 1. The number of aryl methyl sites for hydroxylation is 1. The van der Waals surface area contributed by atoms with Gasteiger partial charge in [-0.3, -0.25) is 0 Å². The highest BCUT2D eigenvalue weighted by Crippen LogP contribution is 2.32. The van der Waals surface area contributed by atoms with Crippen molar-refractivity contribution < 1.29 is 0 Å². The van der Waals surface area contributed by atoms with Crippen molar-refractivity contribution in [3.8, 4) is 0 Å². The van der Waals surface area contributed by atoms with E-state index in [4.69, 9.17) is 0 Å². The van der Waals surface area contributed by atoms with Gasteiger partial charge in [0.2, 0.25) is 0 Å². The maximum atomic E-state index is 3.50. The summed E-state index contributed by atoms with van der Waals surface area (Å²) in [6.07, 6.45) is 0. The van der Waals surface area contributed by atoms with Crippen molar-refractivity contribution >= 4 is 64.8 Å². The SMILES string of the molecule is Cc1cc(Br)cc(NCc2cc(Br)c(Br)s2)c1. The van der Waals surface area contributed by atoms with Crippen molar-refractivity contribution in [3.63, 3.8) is 0 Å². The van der Waals surface area contributed by atoms with Crippen molar-refractivity contribution in [2.24, 2.45) is 0 Å². The molecule has 17 heavy (non-hydrogen) atoms. The van der Waals surface area contributed by atoms with Crippen LogP contribution in [-0.2, 0) is 6.54 Å². The van der Waals surface area contributed by atoms with Crippen LogP contribution < -0.4 is 5.32 Å². The van der Waals surface area contributed by atoms with Gasteiger partial charge in [-0.05, 0) is 68.6 Å². The van der Waals surface area contributed by atoms with Gasteiger partial charge < -0.3 is 5.32 Å². The Morgan fingerprint density at radius 3 is 2.47 bits per heavy atom. The molecule has 1 nitrogen and oxygen atoms in total. The van der Waals surface area contributed by atoms with Crippen molar-refractivity contribution in [1.29, 1.82) is 0 Å². The van der Waals surface area contributed by atoms with Crippen LogP contribution in [-0.4, -0.2) is 0 Å².